The van der Waals surface area contributed by atoms with E-state index in [-0.39, 0.29) is 23.4 Å². The number of carbonyl (C=O) groups is 4. The molecule has 3 aliphatic carbocycles. The zero-order valence-corrected chi connectivity index (χ0v) is 36.9. The summed E-state index contributed by atoms with van der Waals surface area (Å²) in [6.07, 6.45) is 21.1. The molecule has 63 heavy (non-hydrogen) atoms. The van der Waals surface area contributed by atoms with Crippen LogP contribution < -0.4 is 4.74 Å². The highest BCUT2D eigenvalue weighted by molar-refractivity contribution is 5.90. The van der Waals surface area contributed by atoms with Gasteiger partial charge in [-0.1, -0.05) is 75.7 Å². The summed E-state index contributed by atoms with van der Waals surface area (Å²) in [5, 5.41) is 0. The topological polar surface area (TPSA) is 105 Å². The van der Waals surface area contributed by atoms with Crippen molar-refractivity contribution in [2.24, 2.45) is 29.6 Å². The number of hydrogen-bond donors (Lipinski definition) is 0. The molecule has 0 aliphatic heterocycles. The largest absolute Gasteiger partial charge is 0.442 e. The monoisotopic (exact) mass is 848 g/mol. The Balaban J connectivity index is 1.06. The predicted octanol–water partition coefficient (Wildman–Crippen LogP) is 10.9. The minimum absolute atomic E-state index is 0.216. The summed E-state index contributed by atoms with van der Waals surface area (Å²) in [6.45, 7) is 6.80. The number of hydrogen-bond acceptors (Lipinski definition) is 8. The lowest BCUT2D eigenvalue weighted by molar-refractivity contribution is -0.169. The van der Waals surface area contributed by atoms with Crippen LogP contribution in [0.25, 0.3) is 0 Å². The zero-order valence-electron chi connectivity index (χ0n) is 36.9. The van der Waals surface area contributed by atoms with E-state index in [0.29, 0.717) is 61.7 Å². The third-order valence-corrected chi connectivity index (χ3v) is 13.1. The first-order chi connectivity index (χ1) is 30.5. The molecule has 3 fully saturated rings. The Hall–Kier alpha value is -6.04. The zero-order chi connectivity index (χ0) is 44.6. The van der Waals surface area contributed by atoms with Crippen LogP contribution in [0, 0.1) is 65.6 Å². The van der Waals surface area contributed by atoms with Gasteiger partial charge in [0.15, 0.2) is 5.60 Å². The summed E-state index contributed by atoms with van der Waals surface area (Å²) in [5.41, 5.74) is 3.02. The lowest BCUT2D eigenvalue weighted by Crippen LogP contribution is -2.39. The lowest BCUT2D eigenvalue weighted by atomic mass is 9.67. The summed E-state index contributed by atoms with van der Waals surface area (Å²) in [7, 11) is 0. The number of benzene rings is 3. The molecule has 8 heteroatoms. The SMILES string of the molecule is C#Cc1ccc(C#Cc2ccc(C#CC3(OC(=O)c4ccc(OC(=O)C5CCC(C(=O)OCOC(=O)C(=C)C)CC5)cc4)CCC(C4CCC(CCCCC)CC4)CC3)cc2)cc1. The Bertz CT molecular complexity index is 2220. The van der Waals surface area contributed by atoms with Gasteiger partial charge in [-0.15, -0.1) is 6.42 Å². The second kappa shape index (κ2) is 22.9. The van der Waals surface area contributed by atoms with Crippen molar-refractivity contribution in [3.8, 4) is 41.8 Å². The van der Waals surface area contributed by atoms with Crippen LogP contribution in [0.4, 0.5) is 0 Å². The average molecular weight is 849 g/mol. The molecule has 328 valence electrons. The van der Waals surface area contributed by atoms with E-state index in [4.69, 9.17) is 25.4 Å². The molecule has 0 atom stereocenters. The van der Waals surface area contributed by atoms with E-state index < -0.39 is 30.3 Å². The number of esters is 4. The van der Waals surface area contributed by atoms with E-state index >= 15 is 0 Å². The van der Waals surface area contributed by atoms with E-state index in [1.54, 1.807) is 24.3 Å². The fourth-order valence-corrected chi connectivity index (χ4v) is 9.12. The number of unbranched alkanes of at least 4 members (excludes halogenated alkanes) is 2. The fraction of sp³-hybridized carbons (Fsp3) is 0.455. The minimum atomic E-state index is -0.931. The summed E-state index contributed by atoms with van der Waals surface area (Å²) in [5.74, 6) is 15.6. The average Bonchev–Trinajstić information content (AvgIpc) is 3.31. The van der Waals surface area contributed by atoms with E-state index in [1.807, 2.05) is 48.5 Å². The molecule has 6 rings (SSSR count). The molecule has 0 unspecified atom stereocenters. The van der Waals surface area contributed by atoms with Gasteiger partial charge >= 0.3 is 23.9 Å². The highest BCUT2D eigenvalue weighted by Gasteiger charge is 2.41. The quantitative estimate of drug-likeness (QED) is 0.0418. The number of rotatable bonds is 13. The van der Waals surface area contributed by atoms with Crippen LogP contribution in [0.3, 0.4) is 0 Å². The number of ether oxygens (including phenoxy) is 4. The van der Waals surface area contributed by atoms with Crippen LogP contribution >= 0.6 is 0 Å². The molecule has 3 saturated carbocycles. The summed E-state index contributed by atoms with van der Waals surface area (Å²) in [6, 6.07) is 21.8. The van der Waals surface area contributed by atoms with Crippen LogP contribution in [-0.4, -0.2) is 36.3 Å². The number of carbonyl (C=O) groups excluding carboxylic acids is 4. The third-order valence-electron chi connectivity index (χ3n) is 13.1. The van der Waals surface area contributed by atoms with Crippen molar-refractivity contribution >= 4 is 23.9 Å². The van der Waals surface area contributed by atoms with E-state index in [2.05, 4.69) is 43.1 Å². The maximum atomic E-state index is 13.8. The number of terminal acetylenes is 1. The summed E-state index contributed by atoms with van der Waals surface area (Å²) < 4.78 is 22.0. The third kappa shape index (κ3) is 13.7. The molecule has 0 amide bonds. The molecule has 0 aromatic heterocycles. The highest BCUT2D eigenvalue weighted by atomic mass is 16.7. The molecule has 3 aliphatic rings. The molecule has 0 N–H and O–H groups in total. The van der Waals surface area contributed by atoms with Crippen molar-refractivity contribution in [1.82, 2.24) is 0 Å². The molecular weight excluding hydrogens is 789 g/mol. The standard InChI is InChI=1S/C55H60O8/c1-5-7-8-9-41-20-22-45(23-21-41)46-33-36-55(37-34-46,35-32-44-18-16-43(17-19-44)15-14-42-12-10-40(6-2)11-13-42)63-54(59)49-28-30-50(31-29-49)62-53(58)48-26-24-47(25-27-48)52(57)61-38-60-51(56)39(3)4/h2,10-13,16-19,28-31,41,45-48H,3,5,7-9,20-27,33-34,36-38H2,1,4H3. The molecule has 3 aromatic rings. The van der Waals surface area contributed by atoms with E-state index in [9.17, 15) is 19.2 Å². The van der Waals surface area contributed by atoms with Gasteiger partial charge in [0.2, 0.25) is 6.79 Å². The first-order valence-electron chi connectivity index (χ1n) is 22.8. The molecular formula is C55H60O8. The summed E-state index contributed by atoms with van der Waals surface area (Å²) in [4.78, 5) is 50.9. The van der Waals surface area contributed by atoms with Crippen LogP contribution in [0.2, 0.25) is 0 Å². The van der Waals surface area contributed by atoms with Crippen molar-refractivity contribution in [3.05, 3.63) is 113 Å². The molecule has 0 bridgehead atoms. The van der Waals surface area contributed by atoms with E-state index in [0.717, 1.165) is 41.0 Å². The Morgan fingerprint density at radius 3 is 1.76 bits per heavy atom. The Labute approximate surface area is 373 Å². The smallest absolute Gasteiger partial charge is 0.339 e. The first-order valence-corrected chi connectivity index (χ1v) is 22.8. The van der Waals surface area contributed by atoms with Gasteiger partial charge in [-0.2, -0.15) is 0 Å². The van der Waals surface area contributed by atoms with Gasteiger partial charge in [0.25, 0.3) is 0 Å². The van der Waals surface area contributed by atoms with Gasteiger partial charge < -0.3 is 18.9 Å². The predicted molar refractivity (Wildman–Crippen MR) is 243 cm³/mol. The Kier molecular flexibility index (Phi) is 16.9. The van der Waals surface area contributed by atoms with Crippen molar-refractivity contribution in [1.29, 1.82) is 0 Å². The van der Waals surface area contributed by atoms with Crippen molar-refractivity contribution in [3.63, 3.8) is 0 Å². The van der Waals surface area contributed by atoms with Crippen molar-refractivity contribution in [2.75, 3.05) is 6.79 Å². The molecule has 0 spiro atoms. The van der Waals surface area contributed by atoms with Crippen LogP contribution in [-0.2, 0) is 28.6 Å². The lowest BCUT2D eigenvalue weighted by Gasteiger charge is -2.41. The molecule has 8 nitrogen and oxygen atoms in total. The minimum Gasteiger partial charge on any atom is -0.442 e. The van der Waals surface area contributed by atoms with Gasteiger partial charge in [0.1, 0.15) is 5.75 Å². The second-order valence-electron chi connectivity index (χ2n) is 17.6. The van der Waals surface area contributed by atoms with Gasteiger partial charge in [-0.3, -0.25) is 9.59 Å². The van der Waals surface area contributed by atoms with Crippen molar-refractivity contribution < 1.29 is 38.1 Å². The van der Waals surface area contributed by atoms with Crippen LogP contribution in [0.5, 0.6) is 5.75 Å². The van der Waals surface area contributed by atoms with Gasteiger partial charge in [-0.25, -0.2) is 9.59 Å². The van der Waals surface area contributed by atoms with E-state index in [1.165, 1.54) is 58.3 Å². The highest BCUT2D eigenvalue weighted by Crippen LogP contribution is 2.44. The normalized spacial score (nSPS) is 22.9. The fourth-order valence-electron chi connectivity index (χ4n) is 9.12. The molecule has 0 radical (unpaired) electrons. The first kappa shape index (κ1) is 46.5. The Morgan fingerprint density at radius 1 is 0.667 bits per heavy atom. The van der Waals surface area contributed by atoms with Gasteiger partial charge in [0.05, 0.1) is 17.4 Å². The second-order valence-corrected chi connectivity index (χ2v) is 17.6. The van der Waals surface area contributed by atoms with Crippen LogP contribution in [0.1, 0.15) is 149 Å². The maximum Gasteiger partial charge on any atom is 0.339 e. The van der Waals surface area contributed by atoms with Gasteiger partial charge in [-0.05, 0) is 168 Å². The van der Waals surface area contributed by atoms with Gasteiger partial charge in [0, 0.05) is 27.8 Å². The van der Waals surface area contributed by atoms with Crippen molar-refractivity contribution in [2.45, 2.75) is 122 Å². The summed E-state index contributed by atoms with van der Waals surface area (Å²) >= 11 is 0. The Morgan fingerprint density at radius 2 is 1.21 bits per heavy atom. The molecule has 0 heterocycles. The molecule has 3 aromatic carbocycles. The van der Waals surface area contributed by atoms with Crippen LogP contribution in [0.15, 0.2) is 84.9 Å². The molecule has 0 saturated heterocycles. The maximum absolute atomic E-state index is 13.8.